The molecule has 2 bridgehead atoms. The van der Waals surface area contributed by atoms with E-state index in [0.29, 0.717) is 18.7 Å². The highest BCUT2D eigenvalue weighted by atomic mass is 19.4. The second-order valence-electron chi connectivity index (χ2n) is 9.33. The molecule has 0 unspecified atom stereocenters. The van der Waals surface area contributed by atoms with Crippen molar-refractivity contribution in [2.45, 2.75) is 58.2 Å². The number of urea groups is 1. The molecule has 0 spiro atoms. The number of rotatable bonds is 5. The van der Waals surface area contributed by atoms with E-state index >= 15 is 0 Å². The zero-order valence-corrected chi connectivity index (χ0v) is 21.1. The standard InChI is InChI=1S/C24H33F3N6O4/c1-16-11-33(17(2)14-34)22(35)9-6-10-32-12-18(29-30-32)15-37-21(16)13-31(3)23(36)28-20-8-5-4-7-19(20)24(25,26)27/h4-5,7-8,12,16-17,21,34H,6,9-11,13-15H2,1-3H3,(H,28,36)/t16-,17-,21+/m0/s1. The van der Waals surface area contributed by atoms with E-state index in [4.69, 9.17) is 4.74 Å². The number of aromatic nitrogens is 3. The van der Waals surface area contributed by atoms with E-state index < -0.39 is 29.9 Å². The van der Waals surface area contributed by atoms with E-state index in [2.05, 4.69) is 15.6 Å². The SMILES string of the molecule is C[C@H]1CN([C@@H](C)CO)C(=O)CCCn2cc(nn2)CO[C@@H]1CN(C)C(=O)Nc1ccccc1C(F)(F)F. The van der Waals surface area contributed by atoms with Gasteiger partial charge in [0, 0.05) is 39.0 Å². The van der Waals surface area contributed by atoms with Crippen LogP contribution in [-0.2, 0) is 28.9 Å². The fraction of sp³-hybridized carbons (Fsp3) is 0.583. The Kier molecular flexibility index (Phi) is 9.49. The highest BCUT2D eigenvalue weighted by Crippen LogP contribution is 2.34. The number of fused-ring (bicyclic) bond motifs is 2. The van der Waals surface area contributed by atoms with E-state index in [1.165, 1.54) is 30.1 Å². The lowest BCUT2D eigenvalue weighted by Crippen LogP contribution is -2.48. The molecule has 37 heavy (non-hydrogen) atoms. The first kappa shape index (κ1) is 28.4. The van der Waals surface area contributed by atoms with Crippen LogP contribution in [0.1, 0.15) is 37.9 Å². The summed E-state index contributed by atoms with van der Waals surface area (Å²) < 4.78 is 47.8. The van der Waals surface area contributed by atoms with E-state index in [9.17, 15) is 27.9 Å². The number of halogens is 3. The Labute approximate surface area is 213 Å². The van der Waals surface area contributed by atoms with Crippen LogP contribution in [0.5, 0.6) is 0 Å². The van der Waals surface area contributed by atoms with Gasteiger partial charge in [0.2, 0.25) is 5.91 Å². The molecule has 2 N–H and O–H groups in total. The van der Waals surface area contributed by atoms with Gasteiger partial charge in [-0.3, -0.25) is 9.48 Å². The number of benzene rings is 1. The van der Waals surface area contributed by atoms with Crippen molar-refractivity contribution in [1.29, 1.82) is 0 Å². The molecule has 0 saturated heterocycles. The van der Waals surface area contributed by atoms with Gasteiger partial charge in [-0.15, -0.1) is 5.10 Å². The van der Waals surface area contributed by atoms with Crippen LogP contribution in [0, 0.1) is 5.92 Å². The molecule has 0 aliphatic carbocycles. The van der Waals surface area contributed by atoms with Gasteiger partial charge in [0.1, 0.15) is 5.69 Å². The minimum atomic E-state index is -4.62. The summed E-state index contributed by atoms with van der Waals surface area (Å²) >= 11 is 0. The van der Waals surface area contributed by atoms with Crippen LogP contribution in [0.15, 0.2) is 30.5 Å². The predicted octanol–water partition coefficient (Wildman–Crippen LogP) is 2.99. The average molecular weight is 527 g/mol. The van der Waals surface area contributed by atoms with Crippen LogP contribution in [0.3, 0.4) is 0 Å². The van der Waals surface area contributed by atoms with Crippen molar-refractivity contribution < 1.29 is 32.6 Å². The van der Waals surface area contributed by atoms with Gasteiger partial charge in [-0.2, -0.15) is 13.2 Å². The van der Waals surface area contributed by atoms with Gasteiger partial charge in [0.15, 0.2) is 0 Å². The zero-order chi connectivity index (χ0) is 27.2. The molecule has 3 amide bonds. The summed E-state index contributed by atoms with van der Waals surface area (Å²) in [6.07, 6.45) is -2.68. The summed E-state index contributed by atoms with van der Waals surface area (Å²) in [7, 11) is 1.46. The van der Waals surface area contributed by atoms with Gasteiger partial charge in [-0.05, 0) is 25.5 Å². The fourth-order valence-electron chi connectivity index (χ4n) is 4.10. The second-order valence-corrected chi connectivity index (χ2v) is 9.33. The molecule has 2 heterocycles. The van der Waals surface area contributed by atoms with Crippen molar-refractivity contribution in [3.8, 4) is 0 Å². The number of nitrogens with zero attached hydrogens (tertiary/aromatic N) is 5. The number of carbonyl (C=O) groups is 2. The average Bonchev–Trinajstić information content (AvgIpc) is 3.31. The van der Waals surface area contributed by atoms with Gasteiger partial charge < -0.3 is 25.0 Å². The minimum Gasteiger partial charge on any atom is -0.394 e. The number of hydrogen-bond acceptors (Lipinski definition) is 6. The number of aryl methyl sites for hydroxylation is 1. The summed E-state index contributed by atoms with van der Waals surface area (Å²) in [6, 6.07) is 3.59. The third-order valence-corrected chi connectivity index (χ3v) is 6.32. The molecule has 0 radical (unpaired) electrons. The van der Waals surface area contributed by atoms with Gasteiger partial charge in [-0.1, -0.05) is 24.3 Å². The van der Waals surface area contributed by atoms with Crippen LogP contribution in [0.4, 0.5) is 23.7 Å². The second kappa shape index (κ2) is 12.4. The first-order valence-electron chi connectivity index (χ1n) is 12.1. The van der Waals surface area contributed by atoms with Crippen molar-refractivity contribution in [1.82, 2.24) is 24.8 Å². The molecule has 2 aromatic rings. The first-order chi connectivity index (χ1) is 17.5. The molecule has 0 fully saturated rings. The maximum atomic E-state index is 13.3. The van der Waals surface area contributed by atoms with Gasteiger partial charge in [-0.25, -0.2) is 4.79 Å². The lowest BCUT2D eigenvalue weighted by atomic mass is 10.0. The minimum absolute atomic E-state index is 0.0326. The monoisotopic (exact) mass is 526 g/mol. The van der Waals surface area contributed by atoms with Gasteiger partial charge in [0.25, 0.3) is 0 Å². The van der Waals surface area contributed by atoms with E-state index in [0.717, 1.165) is 6.07 Å². The van der Waals surface area contributed by atoms with Crippen molar-refractivity contribution in [2.24, 2.45) is 5.92 Å². The number of likely N-dealkylation sites (N-methyl/N-ethyl adjacent to an activating group) is 1. The van der Waals surface area contributed by atoms with Gasteiger partial charge >= 0.3 is 12.2 Å². The zero-order valence-electron chi connectivity index (χ0n) is 21.1. The number of para-hydroxylation sites is 1. The summed E-state index contributed by atoms with van der Waals surface area (Å²) in [6.45, 7) is 4.30. The fourth-order valence-corrected chi connectivity index (χ4v) is 4.10. The van der Waals surface area contributed by atoms with E-state index in [-0.39, 0.29) is 50.2 Å². The van der Waals surface area contributed by atoms with E-state index in [1.54, 1.807) is 22.7 Å². The number of alkyl halides is 3. The van der Waals surface area contributed by atoms with Crippen molar-refractivity contribution in [3.63, 3.8) is 0 Å². The van der Waals surface area contributed by atoms with Gasteiger partial charge in [0.05, 0.1) is 42.8 Å². The van der Waals surface area contributed by atoms with Crippen LogP contribution < -0.4 is 5.32 Å². The highest BCUT2D eigenvalue weighted by molar-refractivity contribution is 5.90. The maximum absolute atomic E-state index is 13.3. The number of nitrogens with one attached hydrogen (secondary N) is 1. The molecule has 1 aromatic heterocycles. The Balaban J connectivity index is 1.78. The summed E-state index contributed by atoms with van der Waals surface area (Å²) in [5, 5.41) is 20.2. The van der Waals surface area contributed by atoms with E-state index in [1.807, 2.05) is 6.92 Å². The smallest absolute Gasteiger partial charge is 0.394 e. The van der Waals surface area contributed by atoms with Crippen molar-refractivity contribution >= 4 is 17.6 Å². The molecule has 3 rings (SSSR count). The van der Waals surface area contributed by atoms with Crippen LogP contribution in [0.2, 0.25) is 0 Å². The molecule has 1 aromatic carbocycles. The Morgan fingerprint density at radius 2 is 2.08 bits per heavy atom. The van der Waals surface area contributed by atoms with Crippen LogP contribution in [-0.4, -0.2) is 80.7 Å². The number of aliphatic hydroxyl groups is 1. The molecule has 1 aliphatic rings. The summed E-state index contributed by atoms with van der Waals surface area (Å²) in [4.78, 5) is 28.6. The molecule has 10 nitrogen and oxygen atoms in total. The largest absolute Gasteiger partial charge is 0.418 e. The van der Waals surface area contributed by atoms with Crippen molar-refractivity contribution in [2.75, 3.05) is 32.1 Å². The number of anilines is 1. The van der Waals surface area contributed by atoms with Crippen molar-refractivity contribution in [3.05, 3.63) is 41.7 Å². The molecule has 3 atom stereocenters. The third-order valence-electron chi connectivity index (χ3n) is 6.32. The predicted molar refractivity (Wildman–Crippen MR) is 128 cm³/mol. The summed E-state index contributed by atoms with van der Waals surface area (Å²) in [5.74, 6) is -0.409. The Morgan fingerprint density at radius 3 is 2.78 bits per heavy atom. The lowest BCUT2D eigenvalue weighted by molar-refractivity contribution is -0.137. The Morgan fingerprint density at radius 1 is 1.35 bits per heavy atom. The quantitative estimate of drug-likeness (QED) is 0.620. The number of ether oxygens (including phenoxy) is 1. The van der Waals surface area contributed by atoms with Crippen LogP contribution in [0.25, 0.3) is 0 Å². The lowest BCUT2D eigenvalue weighted by Gasteiger charge is -2.35. The number of aliphatic hydroxyl groups excluding tert-OH is 1. The molecule has 13 heteroatoms. The Bertz CT molecular complexity index is 1060. The highest BCUT2D eigenvalue weighted by Gasteiger charge is 2.34. The molecular formula is C24H33F3N6O4. The normalized spacial score (nSPS) is 20.4. The third kappa shape index (κ3) is 7.65. The molecular weight excluding hydrogens is 493 g/mol. The number of amides is 3. The number of carbonyl (C=O) groups excluding carboxylic acids is 2. The maximum Gasteiger partial charge on any atom is 0.418 e. The number of hydrogen-bond donors (Lipinski definition) is 2. The van der Waals surface area contributed by atoms with Crippen LogP contribution >= 0.6 is 0 Å². The molecule has 1 aliphatic heterocycles. The first-order valence-corrected chi connectivity index (χ1v) is 12.1. The topological polar surface area (TPSA) is 113 Å². The molecule has 204 valence electrons. The summed E-state index contributed by atoms with van der Waals surface area (Å²) in [5.41, 5.74) is -0.714. The Hall–Kier alpha value is -3.19. The molecule has 0 saturated carbocycles.